The highest BCUT2D eigenvalue weighted by molar-refractivity contribution is 5.12. The Hall–Kier alpha value is -0.900. The molecular weight excluding hydrogens is 214 g/mol. The Balaban J connectivity index is 1.59. The molecule has 3 fully saturated rings. The van der Waals surface area contributed by atoms with Gasteiger partial charge in [-0.2, -0.15) is 4.98 Å². The van der Waals surface area contributed by atoms with Gasteiger partial charge in [0.15, 0.2) is 5.82 Å². The molecule has 2 N–H and O–H groups in total. The summed E-state index contributed by atoms with van der Waals surface area (Å²) in [7, 11) is 0. The maximum absolute atomic E-state index is 6.30. The zero-order valence-corrected chi connectivity index (χ0v) is 10.0. The minimum Gasteiger partial charge on any atom is -0.339 e. The molecule has 1 aromatic rings. The van der Waals surface area contributed by atoms with Gasteiger partial charge in [0, 0.05) is 12.0 Å². The van der Waals surface area contributed by atoms with Gasteiger partial charge in [-0.25, -0.2) is 0 Å². The third kappa shape index (κ3) is 1.39. The van der Waals surface area contributed by atoms with Crippen LogP contribution in [0.25, 0.3) is 0 Å². The quantitative estimate of drug-likeness (QED) is 0.850. The molecule has 4 nitrogen and oxygen atoms in total. The lowest BCUT2D eigenvalue weighted by atomic mass is 9.84. The molecule has 2 bridgehead atoms. The fourth-order valence-electron chi connectivity index (χ4n) is 3.92. The van der Waals surface area contributed by atoms with Crippen LogP contribution in [0.15, 0.2) is 4.52 Å². The highest BCUT2D eigenvalue weighted by Gasteiger charge is 2.49. The van der Waals surface area contributed by atoms with Crippen molar-refractivity contribution in [3.05, 3.63) is 11.7 Å². The van der Waals surface area contributed by atoms with E-state index in [9.17, 15) is 0 Å². The van der Waals surface area contributed by atoms with Gasteiger partial charge in [-0.05, 0) is 43.9 Å². The zero-order valence-electron chi connectivity index (χ0n) is 10.0. The van der Waals surface area contributed by atoms with E-state index in [4.69, 9.17) is 10.3 Å². The van der Waals surface area contributed by atoms with Crippen LogP contribution in [0.3, 0.4) is 0 Å². The van der Waals surface area contributed by atoms with Crippen molar-refractivity contribution in [2.24, 2.45) is 17.6 Å². The first-order chi connectivity index (χ1) is 8.33. The monoisotopic (exact) mass is 233 g/mol. The Morgan fingerprint density at radius 3 is 2.59 bits per heavy atom. The van der Waals surface area contributed by atoms with Crippen molar-refractivity contribution < 1.29 is 4.52 Å². The number of hydrogen-bond donors (Lipinski definition) is 1. The smallest absolute Gasteiger partial charge is 0.231 e. The normalized spacial score (nSPS) is 40.8. The first-order valence-corrected chi connectivity index (χ1v) is 6.92. The molecule has 3 aliphatic carbocycles. The van der Waals surface area contributed by atoms with E-state index in [1.807, 2.05) is 0 Å². The molecule has 1 aromatic heterocycles. The minimum absolute atomic E-state index is 0.253. The van der Waals surface area contributed by atoms with Crippen LogP contribution < -0.4 is 5.73 Å². The predicted molar refractivity (Wildman–Crippen MR) is 62.4 cm³/mol. The topological polar surface area (TPSA) is 64.9 Å². The largest absolute Gasteiger partial charge is 0.339 e. The Kier molecular flexibility index (Phi) is 2.10. The van der Waals surface area contributed by atoms with E-state index >= 15 is 0 Å². The van der Waals surface area contributed by atoms with Gasteiger partial charge in [0.25, 0.3) is 0 Å². The van der Waals surface area contributed by atoms with Crippen LogP contribution in [0, 0.1) is 11.8 Å². The number of fused-ring (bicyclic) bond motifs is 2. The highest BCUT2D eigenvalue weighted by Crippen LogP contribution is 2.52. The summed E-state index contributed by atoms with van der Waals surface area (Å²) < 4.78 is 5.49. The molecule has 0 aliphatic heterocycles. The Bertz CT molecular complexity index is 424. The van der Waals surface area contributed by atoms with Gasteiger partial charge in [-0.15, -0.1) is 0 Å². The lowest BCUT2D eigenvalue weighted by Crippen LogP contribution is -2.34. The van der Waals surface area contributed by atoms with Crippen LogP contribution in [0.2, 0.25) is 0 Å². The Morgan fingerprint density at radius 1 is 1.12 bits per heavy atom. The van der Waals surface area contributed by atoms with Crippen LogP contribution in [0.1, 0.15) is 62.1 Å². The molecule has 3 aliphatic rings. The SMILES string of the molecule is NC1C2CCC(C2)C1c1nc(C2CCC2)no1. The summed E-state index contributed by atoms with van der Waals surface area (Å²) in [5.41, 5.74) is 6.30. The van der Waals surface area contributed by atoms with Gasteiger partial charge in [0.2, 0.25) is 5.89 Å². The summed E-state index contributed by atoms with van der Waals surface area (Å²) in [6, 6.07) is 0.253. The maximum Gasteiger partial charge on any atom is 0.231 e. The summed E-state index contributed by atoms with van der Waals surface area (Å²) in [5.74, 6) is 4.05. The Morgan fingerprint density at radius 2 is 1.94 bits per heavy atom. The average Bonchev–Trinajstić information content (AvgIpc) is 2.90. The van der Waals surface area contributed by atoms with Gasteiger partial charge in [-0.1, -0.05) is 11.6 Å². The average molecular weight is 233 g/mol. The van der Waals surface area contributed by atoms with Crippen LogP contribution in [-0.4, -0.2) is 16.2 Å². The zero-order chi connectivity index (χ0) is 11.4. The molecular formula is C13H19N3O. The Labute approximate surface area is 101 Å². The van der Waals surface area contributed by atoms with Gasteiger partial charge >= 0.3 is 0 Å². The molecule has 0 spiro atoms. The van der Waals surface area contributed by atoms with Crippen molar-refractivity contribution >= 4 is 0 Å². The van der Waals surface area contributed by atoms with E-state index < -0.39 is 0 Å². The van der Waals surface area contributed by atoms with Crippen LogP contribution >= 0.6 is 0 Å². The van der Waals surface area contributed by atoms with Crippen molar-refractivity contribution in [1.82, 2.24) is 10.1 Å². The number of hydrogen-bond acceptors (Lipinski definition) is 4. The minimum atomic E-state index is 0.253. The van der Waals surface area contributed by atoms with Gasteiger partial charge < -0.3 is 10.3 Å². The second kappa shape index (κ2) is 3.55. The third-order valence-corrected chi connectivity index (χ3v) is 5.19. The van der Waals surface area contributed by atoms with Crippen LogP contribution in [0.4, 0.5) is 0 Å². The number of rotatable bonds is 2. The van der Waals surface area contributed by atoms with E-state index in [-0.39, 0.29) is 6.04 Å². The fourth-order valence-corrected chi connectivity index (χ4v) is 3.92. The molecule has 3 saturated carbocycles. The molecule has 0 saturated heterocycles. The van der Waals surface area contributed by atoms with E-state index in [0.29, 0.717) is 23.7 Å². The van der Waals surface area contributed by atoms with Crippen molar-refractivity contribution in [1.29, 1.82) is 0 Å². The summed E-state index contributed by atoms with van der Waals surface area (Å²) in [6.45, 7) is 0. The molecule has 92 valence electrons. The van der Waals surface area contributed by atoms with Crippen LogP contribution in [0.5, 0.6) is 0 Å². The molecule has 1 heterocycles. The third-order valence-electron chi connectivity index (χ3n) is 5.19. The van der Waals surface area contributed by atoms with Gasteiger partial charge in [0.05, 0.1) is 5.92 Å². The van der Waals surface area contributed by atoms with Gasteiger partial charge in [0.1, 0.15) is 0 Å². The van der Waals surface area contributed by atoms with Crippen LogP contribution in [-0.2, 0) is 0 Å². The lowest BCUT2D eigenvalue weighted by Gasteiger charge is -2.25. The van der Waals surface area contributed by atoms with Crippen molar-refractivity contribution in [2.45, 2.75) is 56.4 Å². The second-order valence-corrected chi connectivity index (χ2v) is 6.05. The standard InChI is InChI=1S/C13H19N3O/c14-11-9-5-4-8(6-9)10(11)13-15-12(16-17-13)7-2-1-3-7/h7-11H,1-6,14H2. The van der Waals surface area contributed by atoms with E-state index in [0.717, 1.165) is 11.7 Å². The first-order valence-electron chi connectivity index (χ1n) is 6.92. The van der Waals surface area contributed by atoms with Crippen molar-refractivity contribution in [3.63, 3.8) is 0 Å². The van der Waals surface area contributed by atoms with E-state index in [1.165, 1.54) is 38.5 Å². The highest BCUT2D eigenvalue weighted by atomic mass is 16.5. The van der Waals surface area contributed by atoms with Gasteiger partial charge in [-0.3, -0.25) is 0 Å². The summed E-state index contributed by atoms with van der Waals surface area (Å²) in [5, 5.41) is 4.16. The molecule has 4 heteroatoms. The van der Waals surface area contributed by atoms with E-state index in [2.05, 4.69) is 10.1 Å². The second-order valence-electron chi connectivity index (χ2n) is 6.05. The predicted octanol–water partition coefficient (Wildman–Crippen LogP) is 2.18. The molecule has 4 rings (SSSR count). The lowest BCUT2D eigenvalue weighted by molar-refractivity contribution is 0.276. The van der Waals surface area contributed by atoms with Crippen molar-refractivity contribution in [2.75, 3.05) is 0 Å². The van der Waals surface area contributed by atoms with E-state index in [1.54, 1.807) is 0 Å². The molecule has 4 unspecified atom stereocenters. The summed E-state index contributed by atoms with van der Waals surface area (Å²) in [4.78, 5) is 4.63. The molecule has 17 heavy (non-hydrogen) atoms. The fraction of sp³-hybridized carbons (Fsp3) is 0.846. The summed E-state index contributed by atoms with van der Waals surface area (Å²) in [6.07, 6.45) is 7.62. The molecule has 0 amide bonds. The number of nitrogens with two attached hydrogens (primary N) is 1. The van der Waals surface area contributed by atoms with Crippen molar-refractivity contribution in [3.8, 4) is 0 Å². The molecule has 0 radical (unpaired) electrons. The number of aromatic nitrogens is 2. The maximum atomic E-state index is 6.30. The summed E-state index contributed by atoms with van der Waals surface area (Å²) >= 11 is 0. The molecule has 0 aromatic carbocycles. The first kappa shape index (κ1) is 10.1. The number of nitrogens with zero attached hydrogens (tertiary/aromatic N) is 2. The molecule has 4 atom stereocenters.